The first-order chi connectivity index (χ1) is 13.6. The molecule has 2 aromatic heterocycles. The lowest BCUT2D eigenvalue weighted by Crippen LogP contribution is -2.18. The Kier molecular flexibility index (Phi) is 6.30. The molecule has 2 atom stereocenters. The van der Waals surface area contributed by atoms with Crippen LogP contribution in [0.4, 0.5) is 0 Å². The maximum absolute atomic E-state index is 12.8. The molecule has 8 heteroatoms. The number of thioether (sulfide) groups is 1. The Bertz CT molecular complexity index is 935. The highest BCUT2D eigenvalue weighted by Crippen LogP contribution is 2.31. The number of aromatic nitrogens is 3. The SMILES string of the molecule is C[C@H](Sc1nnc(-c2cccs2)n1C[C@H]1CCCO1)C(=O)c1ccc(Br)cc1. The quantitative estimate of drug-likeness (QED) is 0.340. The van der Waals surface area contributed by atoms with Crippen molar-refractivity contribution in [3.05, 3.63) is 51.8 Å². The second-order valence-electron chi connectivity index (χ2n) is 6.66. The van der Waals surface area contributed by atoms with Gasteiger partial charge in [-0.25, -0.2) is 0 Å². The van der Waals surface area contributed by atoms with Crippen LogP contribution in [-0.2, 0) is 11.3 Å². The molecule has 0 aliphatic carbocycles. The molecule has 0 unspecified atom stereocenters. The van der Waals surface area contributed by atoms with Crippen LogP contribution < -0.4 is 0 Å². The fourth-order valence-corrected chi connectivity index (χ4v) is 5.10. The van der Waals surface area contributed by atoms with E-state index < -0.39 is 0 Å². The van der Waals surface area contributed by atoms with E-state index in [0.29, 0.717) is 12.1 Å². The molecule has 5 nitrogen and oxygen atoms in total. The topological polar surface area (TPSA) is 57.0 Å². The van der Waals surface area contributed by atoms with E-state index in [2.05, 4.69) is 30.7 Å². The Hall–Kier alpha value is -1.48. The summed E-state index contributed by atoms with van der Waals surface area (Å²) < 4.78 is 8.90. The van der Waals surface area contributed by atoms with Gasteiger partial charge in [0.15, 0.2) is 16.8 Å². The number of carbonyl (C=O) groups excluding carboxylic acids is 1. The maximum Gasteiger partial charge on any atom is 0.192 e. The highest BCUT2D eigenvalue weighted by molar-refractivity contribution is 9.10. The Balaban J connectivity index is 1.57. The summed E-state index contributed by atoms with van der Waals surface area (Å²) in [6.07, 6.45) is 2.30. The van der Waals surface area contributed by atoms with Crippen LogP contribution in [0.5, 0.6) is 0 Å². The van der Waals surface area contributed by atoms with Crippen LogP contribution in [-0.4, -0.2) is 38.5 Å². The minimum Gasteiger partial charge on any atom is -0.376 e. The number of rotatable bonds is 7. The first-order valence-electron chi connectivity index (χ1n) is 9.17. The predicted molar refractivity (Wildman–Crippen MR) is 116 cm³/mol. The molecule has 1 fully saturated rings. The van der Waals surface area contributed by atoms with Crippen molar-refractivity contribution in [2.75, 3.05) is 6.61 Å². The van der Waals surface area contributed by atoms with Crippen LogP contribution in [0, 0.1) is 0 Å². The second-order valence-corrected chi connectivity index (χ2v) is 9.83. The lowest BCUT2D eigenvalue weighted by Gasteiger charge is -2.16. The van der Waals surface area contributed by atoms with Crippen LogP contribution in [0.25, 0.3) is 10.7 Å². The second kappa shape index (κ2) is 8.90. The highest BCUT2D eigenvalue weighted by Gasteiger charge is 2.25. The number of thiophene rings is 1. The molecule has 3 heterocycles. The molecule has 0 radical (unpaired) electrons. The molecule has 0 bridgehead atoms. The summed E-state index contributed by atoms with van der Waals surface area (Å²) in [6.45, 7) is 3.44. The Morgan fingerprint density at radius 3 is 2.86 bits per heavy atom. The first-order valence-corrected chi connectivity index (χ1v) is 11.7. The van der Waals surface area contributed by atoms with Crippen LogP contribution in [0.3, 0.4) is 0 Å². The van der Waals surface area contributed by atoms with E-state index in [1.165, 1.54) is 11.8 Å². The molecule has 1 saturated heterocycles. The number of hydrogen-bond donors (Lipinski definition) is 0. The molecule has 1 aromatic carbocycles. The molecule has 1 aliphatic rings. The molecule has 0 saturated carbocycles. The summed E-state index contributed by atoms with van der Waals surface area (Å²) in [7, 11) is 0. The van der Waals surface area contributed by atoms with E-state index in [9.17, 15) is 4.79 Å². The van der Waals surface area contributed by atoms with Gasteiger partial charge in [-0.2, -0.15) is 0 Å². The van der Waals surface area contributed by atoms with Crippen molar-refractivity contribution in [2.24, 2.45) is 0 Å². The average Bonchev–Trinajstić information content (AvgIpc) is 3.45. The molecular weight excluding hydrogens is 458 g/mol. The van der Waals surface area contributed by atoms with Gasteiger partial charge in [-0.1, -0.05) is 45.9 Å². The van der Waals surface area contributed by atoms with Gasteiger partial charge in [0.05, 0.1) is 22.8 Å². The fraction of sp³-hybridized carbons (Fsp3) is 0.350. The van der Waals surface area contributed by atoms with Crippen LogP contribution in [0.2, 0.25) is 0 Å². The van der Waals surface area contributed by atoms with Crippen molar-refractivity contribution < 1.29 is 9.53 Å². The zero-order valence-electron chi connectivity index (χ0n) is 15.4. The smallest absolute Gasteiger partial charge is 0.192 e. The average molecular weight is 478 g/mol. The fourth-order valence-electron chi connectivity index (χ4n) is 3.18. The lowest BCUT2D eigenvalue weighted by atomic mass is 10.1. The zero-order chi connectivity index (χ0) is 19.5. The third kappa shape index (κ3) is 4.40. The first kappa shape index (κ1) is 19.8. The number of halogens is 1. The van der Waals surface area contributed by atoms with Crippen molar-refractivity contribution >= 4 is 44.8 Å². The van der Waals surface area contributed by atoms with E-state index in [1.807, 2.05) is 48.7 Å². The molecule has 28 heavy (non-hydrogen) atoms. The Morgan fingerprint density at radius 2 is 2.18 bits per heavy atom. The Labute approximate surface area is 180 Å². The molecular formula is C20H20BrN3O2S2. The van der Waals surface area contributed by atoms with Crippen molar-refractivity contribution in [1.82, 2.24) is 14.8 Å². The number of ketones is 1. The van der Waals surface area contributed by atoms with E-state index in [4.69, 9.17) is 4.74 Å². The van der Waals surface area contributed by atoms with Crippen molar-refractivity contribution in [3.8, 4) is 10.7 Å². The van der Waals surface area contributed by atoms with Gasteiger partial charge in [0.2, 0.25) is 0 Å². The standard InChI is InChI=1S/C20H20BrN3O2S2/c1-13(18(25)14-6-8-15(21)9-7-14)28-20-23-22-19(17-5-3-11-27-17)24(20)12-16-4-2-10-26-16/h3,5-9,11,13,16H,2,4,10,12H2,1H3/t13-,16+/m0/s1. The van der Waals surface area contributed by atoms with Gasteiger partial charge >= 0.3 is 0 Å². The van der Waals surface area contributed by atoms with Gasteiger partial charge in [-0.15, -0.1) is 21.5 Å². The monoisotopic (exact) mass is 477 g/mol. The van der Waals surface area contributed by atoms with E-state index >= 15 is 0 Å². The molecule has 1 aliphatic heterocycles. The largest absolute Gasteiger partial charge is 0.376 e. The van der Waals surface area contributed by atoms with Gasteiger partial charge < -0.3 is 4.74 Å². The third-order valence-corrected chi connectivity index (χ3v) is 7.12. The van der Waals surface area contributed by atoms with Crippen molar-refractivity contribution in [1.29, 1.82) is 0 Å². The molecule has 0 amide bonds. The van der Waals surface area contributed by atoms with Gasteiger partial charge in [-0.3, -0.25) is 9.36 Å². The minimum atomic E-state index is -0.259. The van der Waals surface area contributed by atoms with Crippen molar-refractivity contribution in [2.45, 2.75) is 42.8 Å². The van der Waals surface area contributed by atoms with Crippen LogP contribution in [0.15, 0.2) is 51.4 Å². The molecule has 0 spiro atoms. The number of benzene rings is 1. The Morgan fingerprint density at radius 1 is 1.36 bits per heavy atom. The summed E-state index contributed by atoms with van der Waals surface area (Å²) in [5, 5.41) is 11.4. The number of nitrogens with zero attached hydrogens (tertiary/aromatic N) is 3. The summed E-state index contributed by atoms with van der Waals surface area (Å²) in [5.41, 5.74) is 0.701. The predicted octanol–water partition coefficient (Wildman–Crippen LogP) is 5.31. The summed E-state index contributed by atoms with van der Waals surface area (Å²) in [4.78, 5) is 13.9. The summed E-state index contributed by atoms with van der Waals surface area (Å²) in [6, 6.07) is 11.5. The lowest BCUT2D eigenvalue weighted by molar-refractivity contribution is 0.0953. The number of ether oxygens (including phenoxy) is 1. The van der Waals surface area contributed by atoms with Crippen molar-refractivity contribution in [3.63, 3.8) is 0 Å². The minimum absolute atomic E-state index is 0.0850. The molecule has 3 aromatic rings. The third-order valence-electron chi connectivity index (χ3n) is 4.65. The molecule has 0 N–H and O–H groups in total. The van der Waals surface area contributed by atoms with Gasteiger partial charge in [0.1, 0.15) is 0 Å². The van der Waals surface area contributed by atoms with Gasteiger partial charge in [0, 0.05) is 16.6 Å². The normalized spacial score (nSPS) is 17.7. The van der Waals surface area contributed by atoms with E-state index in [-0.39, 0.29) is 17.1 Å². The zero-order valence-corrected chi connectivity index (χ0v) is 18.6. The summed E-state index contributed by atoms with van der Waals surface area (Å²) in [5.74, 6) is 0.929. The van der Waals surface area contributed by atoms with Gasteiger partial charge in [0.25, 0.3) is 0 Å². The summed E-state index contributed by atoms with van der Waals surface area (Å²) >= 11 is 6.51. The number of carbonyl (C=O) groups is 1. The number of Topliss-reactive ketones (excluding diaryl/α,β-unsaturated/α-hetero) is 1. The van der Waals surface area contributed by atoms with E-state index in [1.54, 1.807) is 11.3 Å². The molecule has 4 rings (SSSR count). The number of hydrogen-bond acceptors (Lipinski definition) is 6. The molecule has 146 valence electrons. The van der Waals surface area contributed by atoms with Crippen LogP contribution in [0.1, 0.15) is 30.1 Å². The van der Waals surface area contributed by atoms with E-state index in [0.717, 1.165) is 39.8 Å². The highest BCUT2D eigenvalue weighted by atomic mass is 79.9. The van der Waals surface area contributed by atoms with Gasteiger partial charge in [-0.05, 0) is 43.3 Å². The maximum atomic E-state index is 12.8. The van der Waals surface area contributed by atoms with Crippen LogP contribution >= 0.6 is 39.0 Å².